The van der Waals surface area contributed by atoms with Gasteiger partial charge >= 0.3 is 5.69 Å². The number of carbonyl (C=O) groups excluding carboxylic acids is 1. The van der Waals surface area contributed by atoms with Gasteiger partial charge < -0.3 is 5.32 Å². The van der Waals surface area contributed by atoms with Gasteiger partial charge in [0, 0.05) is 6.04 Å². The Morgan fingerprint density at radius 2 is 1.75 bits per heavy atom. The van der Waals surface area contributed by atoms with Gasteiger partial charge in [-0.2, -0.15) is 0 Å². The molecule has 1 aromatic heterocycles. The van der Waals surface area contributed by atoms with Crippen molar-refractivity contribution in [2.24, 2.45) is 0 Å². The summed E-state index contributed by atoms with van der Waals surface area (Å²) >= 11 is 0. The van der Waals surface area contributed by atoms with E-state index in [9.17, 15) is 14.4 Å². The van der Waals surface area contributed by atoms with Gasteiger partial charge in [-0.25, -0.2) is 9.36 Å². The highest BCUT2D eigenvalue weighted by molar-refractivity contribution is 5.82. The van der Waals surface area contributed by atoms with E-state index < -0.39 is 5.69 Å². The second-order valence-corrected chi connectivity index (χ2v) is 7.61. The van der Waals surface area contributed by atoms with Crippen LogP contribution in [0.2, 0.25) is 0 Å². The fraction of sp³-hybridized carbons (Fsp3) is 0.318. The standard InChI is InChI=1S/C22H23N3O3/c1-14(2)15-7-11-17(12-8-15)25-21(27)18-5-3-4-6-19(18)24(22(25)28)13-20(26)23-16-9-10-16/h3-8,11-12,14,16H,9-10,13H2,1-2H3,(H,23,26). The highest BCUT2D eigenvalue weighted by Gasteiger charge is 2.24. The van der Waals surface area contributed by atoms with Crippen molar-refractivity contribution in [2.45, 2.75) is 45.2 Å². The molecule has 28 heavy (non-hydrogen) atoms. The summed E-state index contributed by atoms with van der Waals surface area (Å²) in [6, 6.07) is 14.5. The van der Waals surface area contributed by atoms with Crippen LogP contribution in [0.25, 0.3) is 16.6 Å². The van der Waals surface area contributed by atoms with E-state index >= 15 is 0 Å². The van der Waals surface area contributed by atoms with E-state index in [1.807, 2.05) is 12.1 Å². The Bertz CT molecular complexity index is 1150. The first-order valence-corrected chi connectivity index (χ1v) is 9.60. The topological polar surface area (TPSA) is 73.1 Å². The third kappa shape index (κ3) is 3.38. The Morgan fingerprint density at radius 1 is 1.07 bits per heavy atom. The lowest BCUT2D eigenvalue weighted by Gasteiger charge is -2.14. The summed E-state index contributed by atoms with van der Waals surface area (Å²) in [4.78, 5) is 38.6. The highest BCUT2D eigenvalue weighted by atomic mass is 16.2. The summed E-state index contributed by atoms with van der Waals surface area (Å²) < 4.78 is 2.53. The third-order valence-corrected chi connectivity index (χ3v) is 5.11. The number of carbonyl (C=O) groups is 1. The van der Waals surface area contributed by atoms with Gasteiger partial charge in [-0.3, -0.25) is 14.2 Å². The molecule has 1 aliphatic rings. The lowest BCUT2D eigenvalue weighted by Crippen LogP contribution is -2.42. The van der Waals surface area contributed by atoms with Crippen LogP contribution in [0.1, 0.15) is 38.2 Å². The minimum atomic E-state index is -0.507. The van der Waals surface area contributed by atoms with E-state index in [4.69, 9.17) is 0 Å². The number of fused-ring (bicyclic) bond motifs is 1. The monoisotopic (exact) mass is 377 g/mol. The summed E-state index contributed by atoms with van der Waals surface area (Å²) in [5.74, 6) is 0.139. The summed E-state index contributed by atoms with van der Waals surface area (Å²) in [6.07, 6.45) is 1.95. The van der Waals surface area contributed by atoms with Gasteiger partial charge in [0.2, 0.25) is 5.91 Å². The molecule has 144 valence electrons. The van der Waals surface area contributed by atoms with Crippen LogP contribution in [0.15, 0.2) is 58.1 Å². The first-order valence-electron chi connectivity index (χ1n) is 9.60. The minimum absolute atomic E-state index is 0.111. The van der Waals surface area contributed by atoms with E-state index in [-0.39, 0.29) is 24.1 Å². The SMILES string of the molecule is CC(C)c1ccc(-n2c(=O)c3ccccc3n(CC(=O)NC3CC3)c2=O)cc1. The van der Waals surface area contributed by atoms with Crippen molar-refractivity contribution >= 4 is 16.8 Å². The zero-order chi connectivity index (χ0) is 19.8. The van der Waals surface area contributed by atoms with Crippen LogP contribution in [-0.2, 0) is 11.3 Å². The number of hydrogen-bond acceptors (Lipinski definition) is 3. The van der Waals surface area contributed by atoms with Crippen LogP contribution in [0.5, 0.6) is 0 Å². The third-order valence-electron chi connectivity index (χ3n) is 5.11. The fourth-order valence-corrected chi connectivity index (χ4v) is 3.35. The normalized spacial score (nSPS) is 13.8. The van der Waals surface area contributed by atoms with Crippen molar-refractivity contribution in [2.75, 3.05) is 0 Å². The molecule has 1 amide bonds. The number of nitrogens with zero attached hydrogens (tertiary/aromatic N) is 2. The number of amides is 1. The first-order chi connectivity index (χ1) is 13.5. The summed E-state index contributed by atoms with van der Waals surface area (Å²) in [5.41, 5.74) is 1.21. The molecule has 2 aromatic carbocycles. The molecule has 1 saturated carbocycles. The van der Waals surface area contributed by atoms with Crippen LogP contribution in [-0.4, -0.2) is 21.1 Å². The summed E-state index contributed by atoms with van der Waals surface area (Å²) in [7, 11) is 0. The smallest absolute Gasteiger partial charge is 0.336 e. The molecule has 0 saturated heterocycles. The van der Waals surface area contributed by atoms with E-state index in [0.717, 1.165) is 23.0 Å². The molecular formula is C22H23N3O3. The number of hydrogen-bond donors (Lipinski definition) is 1. The average molecular weight is 377 g/mol. The lowest BCUT2D eigenvalue weighted by atomic mass is 10.0. The molecule has 3 aromatic rings. The van der Waals surface area contributed by atoms with Crippen molar-refractivity contribution in [3.05, 3.63) is 74.9 Å². The van der Waals surface area contributed by atoms with Crippen molar-refractivity contribution in [3.63, 3.8) is 0 Å². The Hall–Kier alpha value is -3.15. The van der Waals surface area contributed by atoms with Gasteiger partial charge in [0.15, 0.2) is 0 Å². The molecule has 1 N–H and O–H groups in total. The maximum absolute atomic E-state index is 13.2. The molecule has 1 heterocycles. The Balaban J connectivity index is 1.87. The molecule has 6 nitrogen and oxygen atoms in total. The Kier molecular flexibility index (Phi) is 4.63. The highest BCUT2D eigenvalue weighted by Crippen LogP contribution is 2.19. The molecular weight excluding hydrogens is 354 g/mol. The number of para-hydroxylation sites is 1. The average Bonchev–Trinajstić information content (AvgIpc) is 3.49. The van der Waals surface area contributed by atoms with Gasteiger partial charge in [-0.15, -0.1) is 0 Å². The van der Waals surface area contributed by atoms with Gasteiger partial charge in [-0.1, -0.05) is 38.1 Å². The Morgan fingerprint density at radius 3 is 2.39 bits per heavy atom. The molecule has 0 unspecified atom stereocenters. The minimum Gasteiger partial charge on any atom is -0.352 e. The van der Waals surface area contributed by atoms with Crippen LogP contribution >= 0.6 is 0 Å². The number of aromatic nitrogens is 2. The second kappa shape index (κ2) is 7.11. The van der Waals surface area contributed by atoms with Gasteiger partial charge in [0.05, 0.1) is 16.6 Å². The molecule has 0 bridgehead atoms. The van der Waals surface area contributed by atoms with Crippen molar-refractivity contribution < 1.29 is 4.79 Å². The van der Waals surface area contributed by atoms with Crippen molar-refractivity contribution in [3.8, 4) is 5.69 Å². The van der Waals surface area contributed by atoms with Crippen LogP contribution < -0.4 is 16.6 Å². The lowest BCUT2D eigenvalue weighted by molar-refractivity contribution is -0.121. The van der Waals surface area contributed by atoms with Crippen molar-refractivity contribution in [1.82, 2.24) is 14.5 Å². The molecule has 1 aliphatic carbocycles. The Labute approximate surface area is 162 Å². The van der Waals surface area contributed by atoms with Crippen LogP contribution in [0.3, 0.4) is 0 Å². The predicted molar refractivity (Wildman–Crippen MR) is 109 cm³/mol. The molecule has 0 aliphatic heterocycles. The zero-order valence-corrected chi connectivity index (χ0v) is 16.0. The van der Waals surface area contributed by atoms with Crippen LogP contribution in [0.4, 0.5) is 0 Å². The molecule has 0 radical (unpaired) electrons. The first kappa shape index (κ1) is 18.2. The van der Waals surface area contributed by atoms with Crippen molar-refractivity contribution in [1.29, 1.82) is 0 Å². The number of benzene rings is 2. The largest absolute Gasteiger partial charge is 0.352 e. The summed E-state index contributed by atoms with van der Waals surface area (Å²) in [5, 5.41) is 3.31. The summed E-state index contributed by atoms with van der Waals surface area (Å²) in [6.45, 7) is 4.06. The van der Waals surface area contributed by atoms with Gasteiger partial charge in [0.25, 0.3) is 5.56 Å². The second-order valence-electron chi connectivity index (χ2n) is 7.61. The van der Waals surface area contributed by atoms with E-state index in [1.54, 1.807) is 36.4 Å². The molecule has 6 heteroatoms. The van der Waals surface area contributed by atoms with Gasteiger partial charge in [0.1, 0.15) is 6.54 Å². The quantitative estimate of drug-likeness (QED) is 0.743. The van der Waals surface area contributed by atoms with E-state index in [0.29, 0.717) is 22.5 Å². The number of nitrogens with one attached hydrogen (secondary N) is 1. The maximum atomic E-state index is 13.2. The van der Waals surface area contributed by atoms with Crippen LogP contribution in [0, 0.1) is 0 Å². The molecule has 1 fully saturated rings. The maximum Gasteiger partial charge on any atom is 0.336 e. The molecule has 0 atom stereocenters. The van der Waals surface area contributed by atoms with Gasteiger partial charge in [-0.05, 0) is 48.6 Å². The fourth-order valence-electron chi connectivity index (χ4n) is 3.35. The molecule has 0 spiro atoms. The molecule has 4 rings (SSSR count). The van der Waals surface area contributed by atoms with E-state index in [2.05, 4.69) is 19.2 Å². The zero-order valence-electron chi connectivity index (χ0n) is 16.0. The predicted octanol–water partition coefficient (Wildman–Crippen LogP) is 2.55. The van der Waals surface area contributed by atoms with E-state index in [1.165, 1.54) is 4.57 Å². The number of rotatable bonds is 5.